The van der Waals surface area contributed by atoms with Crippen LogP contribution in [0.2, 0.25) is 0 Å². The fourth-order valence-corrected chi connectivity index (χ4v) is 2.38. The third-order valence-electron chi connectivity index (χ3n) is 3.68. The van der Waals surface area contributed by atoms with Crippen molar-refractivity contribution in [1.82, 2.24) is 9.97 Å². The van der Waals surface area contributed by atoms with Gasteiger partial charge >= 0.3 is 0 Å². The zero-order valence-electron chi connectivity index (χ0n) is 12.8. The molecule has 1 aromatic rings. The van der Waals surface area contributed by atoms with Crippen LogP contribution in [-0.4, -0.2) is 29.6 Å². The Bertz CT molecular complexity index is 438. The van der Waals surface area contributed by atoms with Crippen LogP contribution < -0.4 is 10.2 Å². The summed E-state index contributed by atoms with van der Waals surface area (Å²) in [5, 5.41) is 3.18. The Morgan fingerprint density at radius 1 is 1.26 bits per heavy atom. The van der Waals surface area contributed by atoms with Crippen LogP contribution in [0.5, 0.6) is 0 Å². The summed E-state index contributed by atoms with van der Waals surface area (Å²) >= 11 is 0. The standard InChI is InChI=1S/C15H26N4/c1-10(2)8-9-19(13-6-7-13)15-11(3)14(16-5)17-12(4)18-15/h10,13H,6-9H2,1-5H3,(H,16,17,18). The first kappa shape index (κ1) is 14.1. The van der Waals surface area contributed by atoms with Crippen LogP contribution in [0.1, 0.15) is 44.5 Å². The summed E-state index contributed by atoms with van der Waals surface area (Å²) in [4.78, 5) is 11.6. The molecule has 0 aliphatic heterocycles. The van der Waals surface area contributed by atoms with Gasteiger partial charge in [-0.15, -0.1) is 0 Å². The minimum Gasteiger partial charge on any atom is -0.373 e. The van der Waals surface area contributed by atoms with Gasteiger partial charge in [0.1, 0.15) is 17.5 Å². The largest absolute Gasteiger partial charge is 0.373 e. The highest BCUT2D eigenvalue weighted by Crippen LogP contribution is 2.34. The highest BCUT2D eigenvalue weighted by Gasteiger charge is 2.31. The molecule has 106 valence electrons. The molecule has 0 unspecified atom stereocenters. The predicted molar refractivity (Wildman–Crippen MR) is 80.9 cm³/mol. The molecular formula is C15H26N4. The van der Waals surface area contributed by atoms with E-state index in [9.17, 15) is 0 Å². The van der Waals surface area contributed by atoms with Crippen LogP contribution in [0.25, 0.3) is 0 Å². The van der Waals surface area contributed by atoms with Crippen molar-refractivity contribution in [2.75, 3.05) is 23.8 Å². The van der Waals surface area contributed by atoms with Gasteiger partial charge in [-0.1, -0.05) is 13.8 Å². The van der Waals surface area contributed by atoms with Crippen LogP contribution in [-0.2, 0) is 0 Å². The normalized spacial score (nSPS) is 14.8. The number of nitrogens with one attached hydrogen (secondary N) is 1. The van der Waals surface area contributed by atoms with E-state index in [0.717, 1.165) is 29.9 Å². The number of rotatable bonds is 6. The second-order valence-electron chi connectivity index (χ2n) is 5.93. The maximum Gasteiger partial charge on any atom is 0.137 e. The van der Waals surface area contributed by atoms with E-state index in [4.69, 9.17) is 4.98 Å². The van der Waals surface area contributed by atoms with Gasteiger partial charge in [-0.3, -0.25) is 0 Å². The van der Waals surface area contributed by atoms with Gasteiger partial charge in [0.15, 0.2) is 0 Å². The van der Waals surface area contributed by atoms with E-state index in [2.05, 4.69) is 36.0 Å². The van der Waals surface area contributed by atoms with Crippen molar-refractivity contribution in [3.8, 4) is 0 Å². The lowest BCUT2D eigenvalue weighted by Crippen LogP contribution is -2.30. The first-order valence-electron chi connectivity index (χ1n) is 7.32. The number of hydrogen-bond acceptors (Lipinski definition) is 4. The molecule has 1 heterocycles. The van der Waals surface area contributed by atoms with Gasteiger partial charge in [-0.25, -0.2) is 9.97 Å². The summed E-state index contributed by atoms with van der Waals surface area (Å²) in [6.07, 6.45) is 3.82. The fourth-order valence-electron chi connectivity index (χ4n) is 2.38. The summed E-state index contributed by atoms with van der Waals surface area (Å²) in [7, 11) is 1.92. The van der Waals surface area contributed by atoms with Crippen molar-refractivity contribution in [3.05, 3.63) is 11.4 Å². The Morgan fingerprint density at radius 2 is 1.95 bits per heavy atom. The highest BCUT2D eigenvalue weighted by molar-refractivity contribution is 5.59. The lowest BCUT2D eigenvalue weighted by Gasteiger charge is -2.27. The van der Waals surface area contributed by atoms with Crippen molar-refractivity contribution in [2.24, 2.45) is 5.92 Å². The van der Waals surface area contributed by atoms with Crippen molar-refractivity contribution in [3.63, 3.8) is 0 Å². The molecular weight excluding hydrogens is 236 g/mol. The quantitative estimate of drug-likeness (QED) is 0.855. The lowest BCUT2D eigenvalue weighted by atomic mass is 10.1. The van der Waals surface area contributed by atoms with Crippen molar-refractivity contribution in [1.29, 1.82) is 0 Å². The Kier molecular flexibility index (Phi) is 4.27. The van der Waals surface area contributed by atoms with E-state index in [1.807, 2.05) is 14.0 Å². The van der Waals surface area contributed by atoms with E-state index >= 15 is 0 Å². The maximum absolute atomic E-state index is 4.70. The van der Waals surface area contributed by atoms with Crippen LogP contribution in [0, 0.1) is 19.8 Å². The molecule has 0 amide bonds. The molecule has 1 fully saturated rings. The van der Waals surface area contributed by atoms with Gasteiger partial charge in [-0.05, 0) is 39.0 Å². The zero-order chi connectivity index (χ0) is 14.0. The van der Waals surface area contributed by atoms with E-state index in [0.29, 0.717) is 6.04 Å². The molecule has 2 rings (SSSR count). The molecule has 0 atom stereocenters. The van der Waals surface area contributed by atoms with Gasteiger partial charge in [0, 0.05) is 25.2 Å². The van der Waals surface area contributed by atoms with Crippen LogP contribution in [0.4, 0.5) is 11.6 Å². The minimum absolute atomic E-state index is 0.691. The molecule has 0 aromatic carbocycles. The molecule has 0 bridgehead atoms. The molecule has 1 aromatic heterocycles. The van der Waals surface area contributed by atoms with E-state index in [1.165, 1.54) is 24.8 Å². The third kappa shape index (κ3) is 3.37. The summed E-state index contributed by atoms with van der Waals surface area (Å²) in [5.74, 6) is 3.66. The Morgan fingerprint density at radius 3 is 2.47 bits per heavy atom. The fraction of sp³-hybridized carbons (Fsp3) is 0.733. The summed E-state index contributed by atoms with van der Waals surface area (Å²) in [6, 6.07) is 0.691. The summed E-state index contributed by atoms with van der Waals surface area (Å²) < 4.78 is 0. The molecule has 1 saturated carbocycles. The monoisotopic (exact) mass is 262 g/mol. The summed E-state index contributed by atoms with van der Waals surface area (Å²) in [5.41, 5.74) is 1.17. The first-order chi connectivity index (χ1) is 9.02. The minimum atomic E-state index is 0.691. The van der Waals surface area contributed by atoms with E-state index in [-0.39, 0.29) is 0 Å². The average molecular weight is 262 g/mol. The van der Waals surface area contributed by atoms with E-state index in [1.54, 1.807) is 0 Å². The molecule has 0 spiro atoms. The van der Waals surface area contributed by atoms with Crippen LogP contribution >= 0.6 is 0 Å². The van der Waals surface area contributed by atoms with Gasteiger partial charge in [0.2, 0.25) is 0 Å². The van der Waals surface area contributed by atoms with Crippen LogP contribution in [0.15, 0.2) is 0 Å². The number of hydrogen-bond donors (Lipinski definition) is 1. The Hall–Kier alpha value is -1.32. The molecule has 1 aliphatic carbocycles. The smallest absolute Gasteiger partial charge is 0.137 e. The molecule has 0 radical (unpaired) electrons. The number of anilines is 2. The molecule has 1 N–H and O–H groups in total. The number of aryl methyl sites for hydroxylation is 1. The number of aromatic nitrogens is 2. The maximum atomic E-state index is 4.70. The highest BCUT2D eigenvalue weighted by atomic mass is 15.2. The molecule has 4 nitrogen and oxygen atoms in total. The molecule has 4 heteroatoms. The second-order valence-corrected chi connectivity index (χ2v) is 5.93. The van der Waals surface area contributed by atoms with Gasteiger partial charge in [0.05, 0.1) is 0 Å². The van der Waals surface area contributed by atoms with E-state index < -0.39 is 0 Å². The Balaban J connectivity index is 2.27. The van der Waals surface area contributed by atoms with Crippen molar-refractivity contribution in [2.45, 2.75) is 53.0 Å². The van der Waals surface area contributed by atoms with Gasteiger partial charge in [0.25, 0.3) is 0 Å². The topological polar surface area (TPSA) is 41.1 Å². The lowest BCUT2D eigenvalue weighted by molar-refractivity contribution is 0.567. The molecule has 0 saturated heterocycles. The first-order valence-corrected chi connectivity index (χ1v) is 7.32. The average Bonchev–Trinajstić information content (AvgIpc) is 3.17. The van der Waals surface area contributed by atoms with Gasteiger partial charge < -0.3 is 10.2 Å². The predicted octanol–water partition coefficient (Wildman–Crippen LogP) is 3.15. The molecule has 19 heavy (non-hydrogen) atoms. The molecule has 1 aliphatic rings. The second kappa shape index (κ2) is 5.76. The van der Waals surface area contributed by atoms with Crippen molar-refractivity contribution >= 4 is 11.6 Å². The number of nitrogens with zero attached hydrogens (tertiary/aromatic N) is 3. The SMILES string of the molecule is CNc1nc(C)nc(N(CCC(C)C)C2CC2)c1C. The third-order valence-corrected chi connectivity index (χ3v) is 3.68. The van der Waals surface area contributed by atoms with Gasteiger partial charge in [-0.2, -0.15) is 0 Å². The van der Waals surface area contributed by atoms with Crippen LogP contribution in [0.3, 0.4) is 0 Å². The Labute approximate surface area is 116 Å². The van der Waals surface area contributed by atoms with Crippen molar-refractivity contribution < 1.29 is 0 Å². The summed E-state index contributed by atoms with van der Waals surface area (Å²) in [6.45, 7) is 9.75. The zero-order valence-corrected chi connectivity index (χ0v) is 12.8.